The molecule has 0 bridgehead atoms. The summed E-state index contributed by atoms with van der Waals surface area (Å²) >= 11 is 0. The number of unbranched alkanes of at least 4 members (excludes halogenated alkanes) is 43. The highest BCUT2D eigenvalue weighted by Gasteiger charge is 2.16. The number of carbonyl (C=O) groups excluding carboxylic acids is 2. The van der Waals surface area contributed by atoms with Gasteiger partial charge in [0.1, 0.15) is 6.61 Å². The van der Waals surface area contributed by atoms with Gasteiger partial charge in [-0.3, -0.25) is 9.59 Å². The Hall–Kier alpha value is -3.96. The van der Waals surface area contributed by atoms with Crippen molar-refractivity contribution < 1.29 is 24.2 Å². The smallest absolute Gasteiger partial charge is 0.306 e. The summed E-state index contributed by atoms with van der Waals surface area (Å²) in [5.74, 6) is -0.588. The monoisotopic (exact) mass is 1280 g/mol. The van der Waals surface area contributed by atoms with Crippen LogP contribution in [0.5, 0.6) is 0 Å². The molecule has 0 spiro atoms. The molecule has 0 aromatic rings. The SMILES string of the molecule is CC/C=C\C/C=C\C/C=C\C/C=C\C/C=C\C/C=C\C/C=C\C/C=C\C/C=C\CCCCCCCCCCCC(=O)OC(CO)COC(=O)CCCCCCCCCCCCCCCCCCCCCCCCCCCCCCC/C=C\C/C=C\CCCCCCC. The van der Waals surface area contributed by atoms with Crippen LogP contribution in [0.3, 0.4) is 0 Å². The van der Waals surface area contributed by atoms with Crippen LogP contribution in [0.4, 0.5) is 0 Å². The highest BCUT2D eigenvalue weighted by atomic mass is 16.6. The van der Waals surface area contributed by atoms with Gasteiger partial charge in [-0.15, -0.1) is 0 Å². The normalized spacial score (nSPS) is 12.9. The number of aliphatic hydroxyl groups excluding tert-OH is 1. The minimum atomic E-state index is -0.784. The summed E-state index contributed by atoms with van der Waals surface area (Å²) in [6.45, 7) is 4.04. The molecule has 0 radical (unpaired) electrons. The molecular weight excluding hydrogens is 1120 g/mol. The molecule has 0 rings (SSSR count). The topological polar surface area (TPSA) is 72.8 Å². The van der Waals surface area contributed by atoms with E-state index >= 15 is 0 Å². The molecule has 0 saturated carbocycles. The van der Waals surface area contributed by atoms with E-state index < -0.39 is 6.10 Å². The number of hydrogen-bond acceptors (Lipinski definition) is 5. The third kappa shape index (κ3) is 78.5. The summed E-state index contributed by atoms with van der Waals surface area (Å²) in [5.41, 5.74) is 0. The summed E-state index contributed by atoms with van der Waals surface area (Å²) in [4.78, 5) is 24.7. The number of hydrogen-bond donors (Lipinski definition) is 1. The molecule has 92 heavy (non-hydrogen) atoms. The second kappa shape index (κ2) is 81.3. The van der Waals surface area contributed by atoms with Gasteiger partial charge in [0.25, 0.3) is 0 Å². The van der Waals surface area contributed by atoms with E-state index in [1.807, 2.05) is 0 Å². The van der Waals surface area contributed by atoms with Crippen LogP contribution in [0.2, 0.25) is 0 Å². The fraction of sp³-hybridized carbons (Fsp3) is 0.724. The first kappa shape index (κ1) is 88.0. The van der Waals surface area contributed by atoms with Crippen LogP contribution in [0.15, 0.2) is 134 Å². The van der Waals surface area contributed by atoms with Crippen molar-refractivity contribution in [1.29, 1.82) is 0 Å². The summed E-state index contributed by atoms with van der Waals surface area (Å²) in [6.07, 6.45) is 121. The van der Waals surface area contributed by atoms with Gasteiger partial charge < -0.3 is 14.6 Å². The molecule has 5 nitrogen and oxygen atoms in total. The van der Waals surface area contributed by atoms with Crippen molar-refractivity contribution in [3.05, 3.63) is 134 Å². The average molecular weight is 1280 g/mol. The molecule has 0 saturated heterocycles. The van der Waals surface area contributed by atoms with Gasteiger partial charge >= 0.3 is 11.9 Å². The number of rotatable bonds is 73. The first-order valence-electron chi connectivity index (χ1n) is 39.7. The fourth-order valence-corrected chi connectivity index (χ4v) is 11.5. The Morgan fingerprint density at radius 2 is 0.467 bits per heavy atom. The van der Waals surface area contributed by atoms with E-state index in [4.69, 9.17) is 9.47 Å². The van der Waals surface area contributed by atoms with E-state index in [9.17, 15) is 14.7 Å². The maximum Gasteiger partial charge on any atom is 0.306 e. The zero-order valence-electron chi connectivity index (χ0n) is 60.8. The van der Waals surface area contributed by atoms with Crippen LogP contribution < -0.4 is 0 Å². The lowest BCUT2D eigenvalue weighted by Crippen LogP contribution is -2.28. The van der Waals surface area contributed by atoms with Crippen LogP contribution in [0, 0.1) is 0 Å². The van der Waals surface area contributed by atoms with Crippen LogP contribution >= 0.6 is 0 Å². The lowest BCUT2D eigenvalue weighted by molar-refractivity contribution is -0.161. The van der Waals surface area contributed by atoms with Crippen molar-refractivity contribution in [2.24, 2.45) is 0 Å². The Bertz CT molecular complexity index is 1840. The molecule has 1 N–H and O–H groups in total. The van der Waals surface area contributed by atoms with Crippen molar-refractivity contribution in [1.82, 2.24) is 0 Å². The zero-order valence-corrected chi connectivity index (χ0v) is 60.8. The number of esters is 2. The minimum absolute atomic E-state index is 0.0707. The maximum atomic E-state index is 12.4. The summed E-state index contributed by atoms with van der Waals surface area (Å²) in [5, 5.41) is 9.73. The molecular formula is C87H150O5. The van der Waals surface area contributed by atoms with Gasteiger partial charge in [0.2, 0.25) is 0 Å². The Balaban J connectivity index is 3.46. The lowest BCUT2D eigenvalue weighted by Gasteiger charge is -2.15. The molecule has 0 aliphatic carbocycles. The number of carbonyl (C=O) groups is 2. The number of allylic oxidation sites excluding steroid dienone is 22. The molecule has 0 aromatic heterocycles. The summed E-state index contributed by atoms with van der Waals surface area (Å²) in [6, 6.07) is 0. The van der Waals surface area contributed by atoms with E-state index in [1.54, 1.807) is 0 Å². The van der Waals surface area contributed by atoms with E-state index in [-0.39, 0.29) is 25.2 Å². The van der Waals surface area contributed by atoms with Crippen molar-refractivity contribution in [3.63, 3.8) is 0 Å². The molecule has 0 aliphatic heterocycles. The highest BCUT2D eigenvalue weighted by molar-refractivity contribution is 5.70. The fourth-order valence-electron chi connectivity index (χ4n) is 11.5. The van der Waals surface area contributed by atoms with E-state index in [1.165, 1.54) is 250 Å². The van der Waals surface area contributed by atoms with E-state index in [0.717, 1.165) is 109 Å². The van der Waals surface area contributed by atoms with E-state index in [0.29, 0.717) is 12.8 Å². The number of aliphatic hydroxyl groups is 1. The average Bonchev–Trinajstić information content (AvgIpc) is 3.70. The second-order valence-corrected chi connectivity index (χ2v) is 26.4. The molecule has 0 aliphatic rings. The minimum Gasteiger partial charge on any atom is -0.462 e. The van der Waals surface area contributed by atoms with Gasteiger partial charge in [-0.05, 0) is 116 Å². The lowest BCUT2D eigenvalue weighted by atomic mass is 10.0. The molecule has 1 atom stereocenters. The quantitative estimate of drug-likeness (QED) is 0.0373. The molecule has 0 fully saturated rings. The van der Waals surface area contributed by atoms with Gasteiger partial charge in [-0.2, -0.15) is 0 Å². The van der Waals surface area contributed by atoms with Crippen molar-refractivity contribution in [2.75, 3.05) is 13.2 Å². The van der Waals surface area contributed by atoms with E-state index in [2.05, 4.69) is 148 Å². The molecule has 528 valence electrons. The van der Waals surface area contributed by atoms with Gasteiger partial charge in [-0.25, -0.2) is 0 Å². The largest absolute Gasteiger partial charge is 0.462 e. The van der Waals surface area contributed by atoms with Crippen molar-refractivity contribution in [3.8, 4) is 0 Å². The van der Waals surface area contributed by atoms with Crippen molar-refractivity contribution in [2.45, 2.75) is 392 Å². The van der Waals surface area contributed by atoms with Crippen LogP contribution in [-0.4, -0.2) is 36.4 Å². The molecule has 0 aromatic carbocycles. The highest BCUT2D eigenvalue weighted by Crippen LogP contribution is 2.19. The van der Waals surface area contributed by atoms with Gasteiger partial charge in [0, 0.05) is 12.8 Å². The Kier molecular flexibility index (Phi) is 77.8. The number of ether oxygens (including phenoxy) is 2. The Labute approximate surface area is 572 Å². The Morgan fingerprint density at radius 3 is 0.707 bits per heavy atom. The zero-order chi connectivity index (χ0) is 66.1. The van der Waals surface area contributed by atoms with Crippen LogP contribution in [-0.2, 0) is 19.1 Å². The summed E-state index contributed by atoms with van der Waals surface area (Å²) < 4.78 is 10.8. The summed E-state index contributed by atoms with van der Waals surface area (Å²) in [7, 11) is 0. The molecule has 1 unspecified atom stereocenters. The van der Waals surface area contributed by atoms with Crippen LogP contribution in [0.1, 0.15) is 386 Å². The van der Waals surface area contributed by atoms with Gasteiger partial charge in [0.15, 0.2) is 6.10 Å². The Morgan fingerprint density at radius 1 is 0.261 bits per heavy atom. The first-order chi connectivity index (χ1) is 45.6. The van der Waals surface area contributed by atoms with Gasteiger partial charge in [-0.1, -0.05) is 392 Å². The van der Waals surface area contributed by atoms with Crippen molar-refractivity contribution >= 4 is 11.9 Å². The maximum absolute atomic E-state index is 12.4. The third-order valence-corrected chi connectivity index (χ3v) is 17.4. The second-order valence-electron chi connectivity index (χ2n) is 26.4. The first-order valence-corrected chi connectivity index (χ1v) is 39.7. The third-order valence-electron chi connectivity index (χ3n) is 17.4. The molecule has 0 amide bonds. The van der Waals surface area contributed by atoms with Crippen LogP contribution in [0.25, 0.3) is 0 Å². The predicted octanol–water partition coefficient (Wildman–Crippen LogP) is 28.2. The molecule has 5 heteroatoms. The predicted molar refractivity (Wildman–Crippen MR) is 408 cm³/mol. The van der Waals surface area contributed by atoms with Gasteiger partial charge in [0.05, 0.1) is 6.61 Å². The molecule has 0 heterocycles. The standard InChI is InChI=1S/C87H150O5/c1-3-5-7-9-11-13-15-17-19-21-23-25-27-29-31-33-35-37-39-41-42-43-44-46-47-49-51-53-55-57-59-61-63-65-67-69-71-73-75-77-79-81-86(89)91-84-85(83-88)92-87(90)82-80-78-76-74-72-70-68-66-64-62-60-58-56-54-52-50-48-45-40-38-36-34-32-30-28-26-24-22-20-18-16-14-12-10-8-6-4-2/h6,8,12,14-15,17-18,20-21,23-24,26,30,32,36,38,45,48,52,54,58,60,85,88H,3-5,7,9-11,13,16,19,22,25,27-29,31,33-35,37,39-44,46-47,49-51,53,55-57,59,61-84H2,1-2H3/b8-6-,14-12-,17-15-,20-18-,23-21-,26-24-,32-30-,38-36-,48-45-,54-52-,60-58-.